The van der Waals surface area contributed by atoms with Crippen LogP contribution in [0.3, 0.4) is 0 Å². The molecule has 0 unspecified atom stereocenters. The van der Waals surface area contributed by atoms with E-state index in [4.69, 9.17) is 4.74 Å². The number of allylic oxidation sites excluding steroid dienone is 4. The third-order valence-corrected chi connectivity index (χ3v) is 3.60. The Bertz CT molecular complexity index is 446. The quantitative estimate of drug-likeness (QED) is 0.710. The van der Waals surface area contributed by atoms with Crippen molar-refractivity contribution in [3.05, 3.63) is 34.9 Å². The summed E-state index contributed by atoms with van der Waals surface area (Å²) in [7, 11) is 0. The Morgan fingerprint density at radius 1 is 1.32 bits per heavy atom. The number of ether oxygens (including phenoxy) is 1. The lowest BCUT2D eigenvalue weighted by Gasteiger charge is -2.26. The number of hydrogen-bond acceptors (Lipinski definition) is 3. The highest BCUT2D eigenvalue weighted by atomic mass is 16.6. The van der Waals surface area contributed by atoms with Crippen molar-refractivity contribution in [2.24, 2.45) is 0 Å². The van der Waals surface area contributed by atoms with E-state index in [1.54, 1.807) is 0 Å². The molecule has 0 saturated carbocycles. The average Bonchev–Trinajstić information content (AvgIpc) is 2.48. The van der Waals surface area contributed by atoms with Crippen LogP contribution in [0.5, 0.6) is 0 Å². The molecule has 0 aromatic heterocycles. The predicted octanol–water partition coefficient (Wildman–Crippen LogP) is 4.36. The number of nitrogens with one attached hydrogen (secondary N) is 1. The molecule has 1 N–H and O–H groups in total. The summed E-state index contributed by atoms with van der Waals surface area (Å²) in [6.45, 7) is 10.0. The maximum Gasteiger partial charge on any atom is 0.424 e. The minimum Gasteiger partial charge on any atom is -0.449 e. The van der Waals surface area contributed by atoms with Crippen LogP contribution in [0.1, 0.15) is 53.4 Å². The molecule has 1 heterocycles. The zero-order valence-electron chi connectivity index (χ0n) is 14.4. The van der Waals surface area contributed by atoms with E-state index in [0.29, 0.717) is 13.2 Å². The maximum absolute atomic E-state index is 11.6. The molecule has 0 saturated heterocycles. The molecule has 0 bridgehead atoms. The van der Waals surface area contributed by atoms with E-state index in [-0.39, 0.29) is 6.09 Å². The van der Waals surface area contributed by atoms with Gasteiger partial charge in [-0.15, -0.1) is 0 Å². The number of carbonyl (C=O) groups excluding carboxylic acids is 1. The van der Waals surface area contributed by atoms with E-state index in [9.17, 15) is 4.79 Å². The molecule has 1 rings (SSSR count). The molecule has 1 aliphatic heterocycles. The van der Waals surface area contributed by atoms with E-state index < -0.39 is 0 Å². The lowest BCUT2D eigenvalue weighted by molar-refractivity contribution is 0.0911. The molecule has 124 valence electrons. The number of nitrogens with zero attached hydrogens (tertiary/aromatic N) is 1. The molecule has 0 fully saturated rings. The second-order valence-electron chi connectivity index (χ2n) is 5.92. The first-order chi connectivity index (χ1) is 10.5. The largest absolute Gasteiger partial charge is 0.449 e. The Balaban J connectivity index is 2.28. The van der Waals surface area contributed by atoms with Crippen LogP contribution in [0.25, 0.3) is 0 Å². The second-order valence-corrected chi connectivity index (χ2v) is 5.92. The normalized spacial score (nSPS) is 15.4. The maximum atomic E-state index is 11.6. The molecule has 0 aromatic carbocycles. The van der Waals surface area contributed by atoms with Gasteiger partial charge in [0, 0.05) is 6.54 Å². The fourth-order valence-corrected chi connectivity index (χ4v) is 2.28. The molecule has 0 radical (unpaired) electrons. The Kier molecular flexibility index (Phi) is 8.60. The van der Waals surface area contributed by atoms with Crippen LogP contribution in [-0.4, -0.2) is 30.8 Å². The standard InChI is InChI=1S/C18H30N2O2/c1-5-22-18(21)20-13-12-17(14-19-20)11-7-10-16(4)9-6-8-15(2)3/h8,10,12,19H,5-7,9,11,13-14H2,1-4H3/b16-10+. The smallest absolute Gasteiger partial charge is 0.424 e. The zero-order valence-corrected chi connectivity index (χ0v) is 14.4. The third kappa shape index (κ3) is 7.46. The minimum absolute atomic E-state index is 0.298. The summed E-state index contributed by atoms with van der Waals surface area (Å²) in [4.78, 5) is 11.6. The highest BCUT2D eigenvalue weighted by Crippen LogP contribution is 2.13. The average molecular weight is 306 g/mol. The second kappa shape index (κ2) is 10.2. The van der Waals surface area contributed by atoms with Gasteiger partial charge >= 0.3 is 6.09 Å². The van der Waals surface area contributed by atoms with Crippen molar-refractivity contribution >= 4 is 6.09 Å². The topological polar surface area (TPSA) is 41.6 Å². The van der Waals surface area contributed by atoms with E-state index in [1.165, 1.54) is 21.7 Å². The Morgan fingerprint density at radius 2 is 2.09 bits per heavy atom. The van der Waals surface area contributed by atoms with Gasteiger partial charge in [-0.3, -0.25) is 0 Å². The Hall–Kier alpha value is -1.55. The van der Waals surface area contributed by atoms with E-state index in [2.05, 4.69) is 44.4 Å². The van der Waals surface area contributed by atoms with Gasteiger partial charge in [0.05, 0.1) is 13.2 Å². The van der Waals surface area contributed by atoms with Gasteiger partial charge in [-0.2, -0.15) is 0 Å². The number of hydrazine groups is 1. The molecular formula is C18H30N2O2. The van der Waals surface area contributed by atoms with Gasteiger partial charge < -0.3 is 4.74 Å². The van der Waals surface area contributed by atoms with Crippen molar-refractivity contribution in [3.8, 4) is 0 Å². The summed E-state index contributed by atoms with van der Waals surface area (Å²) >= 11 is 0. The predicted molar refractivity (Wildman–Crippen MR) is 91.5 cm³/mol. The molecule has 22 heavy (non-hydrogen) atoms. The van der Waals surface area contributed by atoms with Gasteiger partial charge in [-0.05, 0) is 53.4 Å². The summed E-state index contributed by atoms with van der Waals surface area (Å²) in [5, 5.41) is 1.52. The number of amides is 1. The molecule has 0 atom stereocenters. The van der Waals surface area contributed by atoms with E-state index in [1.807, 2.05) is 6.92 Å². The molecule has 1 amide bonds. The first kappa shape index (κ1) is 18.5. The van der Waals surface area contributed by atoms with Crippen LogP contribution in [-0.2, 0) is 4.74 Å². The number of carbonyl (C=O) groups is 1. The zero-order chi connectivity index (χ0) is 16.4. The first-order valence-corrected chi connectivity index (χ1v) is 8.17. The fraction of sp³-hybridized carbons (Fsp3) is 0.611. The summed E-state index contributed by atoms with van der Waals surface area (Å²) in [6.07, 6.45) is 10.8. The van der Waals surface area contributed by atoms with Crippen molar-refractivity contribution in [2.75, 3.05) is 19.7 Å². The van der Waals surface area contributed by atoms with Gasteiger partial charge in [0.15, 0.2) is 0 Å². The SMILES string of the molecule is CCOC(=O)N1CC=C(CC/C=C(\C)CCC=C(C)C)CN1. The molecule has 4 nitrogen and oxygen atoms in total. The van der Waals surface area contributed by atoms with Gasteiger partial charge in [0.1, 0.15) is 0 Å². The van der Waals surface area contributed by atoms with Crippen LogP contribution >= 0.6 is 0 Å². The Labute approximate surface area is 134 Å². The van der Waals surface area contributed by atoms with Crippen molar-refractivity contribution in [3.63, 3.8) is 0 Å². The first-order valence-electron chi connectivity index (χ1n) is 8.17. The molecule has 4 heteroatoms. The van der Waals surface area contributed by atoms with Gasteiger partial charge in [-0.25, -0.2) is 15.2 Å². The van der Waals surface area contributed by atoms with Crippen molar-refractivity contribution in [2.45, 2.75) is 53.4 Å². The summed E-state index contributed by atoms with van der Waals surface area (Å²) in [5.41, 5.74) is 7.30. The van der Waals surface area contributed by atoms with Crippen molar-refractivity contribution in [1.29, 1.82) is 0 Å². The van der Waals surface area contributed by atoms with Crippen molar-refractivity contribution in [1.82, 2.24) is 10.4 Å². The van der Waals surface area contributed by atoms with Crippen LogP contribution < -0.4 is 5.43 Å². The highest BCUT2D eigenvalue weighted by molar-refractivity contribution is 5.67. The van der Waals surface area contributed by atoms with Gasteiger partial charge in [-0.1, -0.05) is 34.9 Å². The fourth-order valence-electron chi connectivity index (χ4n) is 2.28. The molecule has 1 aliphatic rings. The molecule has 0 aromatic rings. The van der Waals surface area contributed by atoms with Gasteiger partial charge in [0.2, 0.25) is 0 Å². The molecule has 0 spiro atoms. The molecule has 0 aliphatic carbocycles. The summed E-state index contributed by atoms with van der Waals surface area (Å²) < 4.78 is 4.96. The number of rotatable bonds is 7. The molecular weight excluding hydrogens is 276 g/mol. The lowest BCUT2D eigenvalue weighted by atomic mass is 10.0. The van der Waals surface area contributed by atoms with Gasteiger partial charge in [0.25, 0.3) is 0 Å². The van der Waals surface area contributed by atoms with Crippen LogP contribution in [0.2, 0.25) is 0 Å². The van der Waals surface area contributed by atoms with E-state index in [0.717, 1.165) is 32.2 Å². The lowest BCUT2D eigenvalue weighted by Crippen LogP contribution is -2.46. The minimum atomic E-state index is -0.298. The highest BCUT2D eigenvalue weighted by Gasteiger charge is 2.16. The summed E-state index contributed by atoms with van der Waals surface area (Å²) in [6, 6.07) is 0. The summed E-state index contributed by atoms with van der Waals surface area (Å²) in [5.74, 6) is 0. The number of hydrogen-bond donors (Lipinski definition) is 1. The Morgan fingerprint density at radius 3 is 2.68 bits per heavy atom. The monoisotopic (exact) mass is 306 g/mol. The van der Waals surface area contributed by atoms with Crippen LogP contribution in [0.4, 0.5) is 4.79 Å². The third-order valence-electron chi connectivity index (χ3n) is 3.60. The van der Waals surface area contributed by atoms with Crippen LogP contribution in [0, 0.1) is 0 Å². The van der Waals surface area contributed by atoms with Crippen molar-refractivity contribution < 1.29 is 9.53 Å². The van der Waals surface area contributed by atoms with E-state index >= 15 is 0 Å². The van der Waals surface area contributed by atoms with Crippen LogP contribution in [0.15, 0.2) is 34.9 Å².